The molecule has 0 radical (unpaired) electrons. The summed E-state index contributed by atoms with van der Waals surface area (Å²) in [5, 5.41) is 14.3. The Balaban J connectivity index is 2.15. The second kappa shape index (κ2) is 4.71. The highest BCUT2D eigenvalue weighted by Gasteiger charge is 2.16. The molecule has 0 saturated carbocycles. The van der Waals surface area contributed by atoms with Crippen molar-refractivity contribution in [2.24, 2.45) is 0 Å². The summed E-state index contributed by atoms with van der Waals surface area (Å²) in [4.78, 5) is 8.63. The van der Waals surface area contributed by atoms with E-state index in [4.69, 9.17) is 4.52 Å². The van der Waals surface area contributed by atoms with Crippen LogP contribution in [0.4, 0.5) is 0 Å². The molecule has 0 spiro atoms. The maximum Gasteiger partial charge on any atom is 0.255 e. The summed E-state index contributed by atoms with van der Waals surface area (Å²) in [5.74, 6) is 0.533. The normalized spacial score (nSPS) is 12.8. The SMILES string of the molecule is CC(O)c1nc(-c2nc3ccccc3cc2Br)no1. The zero-order valence-electron chi connectivity index (χ0n) is 10.0. The molecule has 5 nitrogen and oxygen atoms in total. The van der Waals surface area contributed by atoms with Crippen molar-refractivity contribution in [1.82, 2.24) is 15.1 Å². The first-order valence-corrected chi connectivity index (χ1v) is 6.52. The van der Waals surface area contributed by atoms with E-state index >= 15 is 0 Å². The molecule has 2 aromatic heterocycles. The number of nitrogens with zero attached hydrogens (tertiary/aromatic N) is 3. The highest BCUT2D eigenvalue weighted by Crippen LogP contribution is 2.28. The second-order valence-corrected chi connectivity index (χ2v) is 5.00. The number of benzene rings is 1. The maximum atomic E-state index is 9.40. The Morgan fingerprint density at radius 2 is 2.05 bits per heavy atom. The monoisotopic (exact) mass is 319 g/mol. The predicted molar refractivity (Wildman–Crippen MR) is 73.4 cm³/mol. The van der Waals surface area contributed by atoms with Gasteiger partial charge in [0.15, 0.2) is 0 Å². The topological polar surface area (TPSA) is 72.0 Å². The summed E-state index contributed by atoms with van der Waals surface area (Å²) >= 11 is 3.45. The van der Waals surface area contributed by atoms with E-state index in [-0.39, 0.29) is 5.89 Å². The third-order valence-electron chi connectivity index (χ3n) is 2.69. The molecular weight excluding hydrogens is 310 g/mol. The Morgan fingerprint density at radius 1 is 1.26 bits per heavy atom. The molecular formula is C13H10BrN3O2. The van der Waals surface area contributed by atoms with Crippen molar-refractivity contribution >= 4 is 26.8 Å². The van der Waals surface area contributed by atoms with Crippen molar-refractivity contribution in [3.63, 3.8) is 0 Å². The minimum Gasteiger partial charge on any atom is -0.384 e. The van der Waals surface area contributed by atoms with Crippen molar-refractivity contribution in [1.29, 1.82) is 0 Å². The van der Waals surface area contributed by atoms with Gasteiger partial charge in [0, 0.05) is 9.86 Å². The first kappa shape index (κ1) is 12.3. The van der Waals surface area contributed by atoms with E-state index in [2.05, 4.69) is 31.1 Å². The summed E-state index contributed by atoms with van der Waals surface area (Å²) in [7, 11) is 0. The van der Waals surface area contributed by atoms with Crippen LogP contribution in [0.2, 0.25) is 0 Å². The van der Waals surface area contributed by atoms with E-state index < -0.39 is 6.10 Å². The molecule has 1 N–H and O–H groups in total. The lowest BCUT2D eigenvalue weighted by atomic mass is 10.2. The van der Waals surface area contributed by atoms with Crippen LogP contribution >= 0.6 is 15.9 Å². The fraction of sp³-hybridized carbons (Fsp3) is 0.154. The van der Waals surface area contributed by atoms with Gasteiger partial charge in [-0.25, -0.2) is 4.98 Å². The zero-order valence-corrected chi connectivity index (χ0v) is 11.6. The number of aliphatic hydroxyl groups excluding tert-OH is 1. The van der Waals surface area contributed by atoms with Crippen molar-refractivity contribution < 1.29 is 9.63 Å². The van der Waals surface area contributed by atoms with Crippen molar-refractivity contribution in [3.8, 4) is 11.5 Å². The summed E-state index contributed by atoms with van der Waals surface area (Å²) in [6.45, 7) is 1.57. The van der Waals surface area contributed by atoms with Crippen LogP contribution < -0.4 is 0 Å². The molecule has 0 aliphatic carbocycles. The first-order valence-electron chi connectivity index (χ1n) is 5.72. The minimum absolute atomic E-state index is 0.178. The molecule has 1 unspecified atom stereocenters. The van der Waals surface area contributed by atoms with Crippen LogP contribution in [-0.2, 0) is 0 Å². The van der Waals surface area contributed by atoms with Crippen molar-refractivity contribution in [2.45, 2.75) is 13.0 Å². The van der Waals surface area contributed by atoms with Gasteiger partial charge in [-0.05, 0) is 35.0 Å². The molecule has 2 heterocycles. The number of aliphatic hydroxyl groups is 1. The third-order valence-corrected chi connectivity index (χ3v) is 3.29. The molecule has 6 heteroatoms. The lowest BCUT2D eigenvalue weighted by Gasteiger charge is -2.02. The average molecular weight is 320 g/mol. The quantitative estimate of drug-likeness (QED) is 0.785. The zero-order chi connectivity index (χ0) is 13.4. The summed E-state index contributed by atoms with van der Waals surface area (Å²) in [6, 6.07) is 9.73. The highest BCUT2D eigenvalue weighted by molar-refractivity contribution is 9.10. The summed E-state index contributed by atoms with van der Waals surface area (Å²) in [5.41, 5.74) is 1.44. The highest BCUT2D eigenvalue weighted by atomic mass is 79.9. The molecule has 96 valence electrons. The van der Waals surface area contributed by atoms with Crippen LogP contribution in [0.5, 0.6) is 0 Å². The Morgan fingerprint density at radius 3 is 2.79 bits per heavy atom. The van der Waals surface area contributed by atoms with Gasteiger partial charge in [-0.2, -0.15) is 4.98 Å². The number of hydrogen-bond donors (Lipinski definition) is 1. The molecule has 1 aromatic carbocycles. The van der Waals surface area contributed by atoms with Gasteiger partial charge in [0.2, 0.25) is 5.82 Å². The van der Waals surface area contributed by atoms with Crippen LogP contribution in [0.25, 0.3) is 22.4 Å². The number of rotatable bonds is 2. The van der Waals surface area contributed by atoms with Gasteiger partial charge in [-0.15, -0.1) is 0 Å². The van der Waals surface area contributed by atoms with Crippen LogP contribution in [0.3, 0.4) is 0 Å². The van der Waals surface area contributed by atoms with Gasteiger partial charge in [-0.3, -0.25) is 0 Å². The van der Waals surface area contributed by atoms with Gasteiger partial charge in [0.25, 0.3) is 5.89 Å². The molecule has 0 fully saturated rings. The smallest absolute Gasteiger partial charge is 0.255 e. The molecule has 0 aliphatic rings. The van der Waals surface area contributed by atoms with E-state index in [1.165, 1.54) is 0 Å². The minimum atomic E-state index is -0.791. The standard InChI is InChI=1S/C13H10BrN3O2/c1-7(18)13-16-12(17-19-13)11-9(14)6-8-4-2-3-5-10(8)15-11/h2-7,18H,1H3. The average Bonchev–Trinajstić information content (AvgIpc) is 2.87. The number of hydrogen-bond acceptors (Lipinski definition) is 5. The molecule has 19 heavy (non-hydrogen) atoms. The molecule has 0 amide bonds. The van der Waals surface area contributed by atoms with E-state index in [0.29, 0.717) is 11.5 Å². The van der Waals surface area contributed by atoms with Crippen LogP contribution in [-0.4, -0.2) is 20.2 Å². The fourth-order valence-electron chi connectivity index (χ4n) is 1.75. The molecule has 1 atom stereocenters. The van der Waals surface area contributed by atoms with Crippen molar-refractivity contribution in [3.05, 3.63) is 40.7 Å². The molecule has 0 saturated heterocycles. The van der Waals surface area contributed by atoms with Crippen LogP contribution in [0, 0.1) is 0 Å². The molecule has 0 bridgehead atoms. The van der Waals surface area contributed by atoms with Gasteiger partial charge < -0.3 is 9.63 Å². The van der Waals surface area contributed by atoms with Crippen LogP contribution in [0.15, 0.2) is 39.3 Å². The first-order chi connectivity index (χ1) is 9.15. The fourth-order valence-corrected chi connectivity index (χ4v) is 2.26. The maximum absolute atomic E-state index is 9.40. The van der Waals surface area contributed by atoms with E-state index in [9.17, 15) is 5.11 Å². The molecule has 3 rings (SSSR count). The Labute approximate surface area is 117 Å². The molecule has 0 aliphatic heterocycles. The largest absolute Gasteiger partial charge is 0.384 e. The van der Waals surface area contributed by atoms with Crippen molar-refractivity contribution in [2.75, 3.05) is 0 Å². The predicted octanol–water partition coefficient (Wildman–Crippen LogP) is 3.10. The Bertz CT molecular complexity index is 740. The lowest BCUT2D eigenvalue weighted by Crippen LogP contribution is -1.92. The third kappa shape index (κ3) is 2.24. The Kier molecular flexibility index (Phi) is 3.04. The van der Waals surface area contributed by atoms with Gasteiger partial charge in [-0.1, -0.05) is 23.4 Å². The van der Waals surface area contributed by atoms with Gasteiger partial charge >= 0.3 is 0 Å². The number of halogens is 1. The summed E-state index contributed by atoms with van der Waals surface area (Å²) < 4.78 is 5.76. The van der Waals surface area contributed by atoms with Gasteiger partial charge in [0.1, 0.15) is 11.8 Å². The van der Waals surface area contributed by atoms with E-state index in [0.717, 1.165) is 15.4 Å². The lowest BCUT2D eigenvalue weighted by molar-refractivity contribution is 0.152. The van der Waals surface area contributed by atoms with Gasteiger partial charge in [0.05, 0.1) is 5.52 Å². The van der Waals surface area contributed by atoms with E-state index in [1.54, 1.807) is 6.92 Å². The molecule has 3 aromatic rings. The number of aromatic nitrogens is 3. The van der Waals surface area contributed by atoms with Crippen LogP contribution in [0.1, 0.15) is 18.9 Å². The number of pyridine rings is 1. The summed E-state index contributed by atoms with van der Waals surface area (Å²) in [6.07, 6.45) is -0.791. The second-order valence-electron chi connectivity index (χ2n) is 4.14. The van der Waals surface area contributed by atoms with E-state index in [1.807, 2.05) is 30.3 Å². The Hall–Kier alpha value is -1.79. The number of para-hydroxylation sites is 1. The number of fused-ring (bicyclic) bond motifs is 1.